The smallest absolute Gasteiger partial charge is 0.0719 e. The zero-order valence-corrected chi connectivity index (χ0v) is 12.3. The van der Waals surface area contributed by atoms with Crippen LogP contribution in [0.25, 0.3) is 10.1 Å². The van der Waals surface area contributed by atoms with Crippen molar-refractivity contribution < 1.29 is 0 Å². The fraction of sp³-hybridized carbons (Fsp3) is 0.176. The van der Waals surface area contributed by atoms with E-state index in [-0.39, 0.29) is 5.38 Å². The number of halogens is 1. The van der Waals surface area contributed by atoms with E-state index in [0.717, 1.165) is 6.42 Å². The van der Waals surface area contributed by atoms with Crippen LogP contribution in [-0.2, 0) is 6.42 Å². The van der Waals surface area contributed by atoms with Gasteiger partial charge < -0.3 is 0 Å². The molecule has 0 aliphatic heterocycles. The van der Waals surface area contributed by atoms with E-state index in [4.69, 9.17) is 11.6 Å². The third-order valence-electron chi connectivity index (χ3n) is 3.25. The summed E-state index contributed by atoms with van der Waals surface area (Å²) in [6.07, 6.45) is 0.885. The minimum atomic E-state index is 0.0548. The van der Waals surface area contributed by atoms with Gasteiger partial charge in [-0.2, -0.15) is 0 Å². The number of aryl methyl sites for hydroxylation is 1. The lowest BCUT2D eigenvalue weighted by molar-refractivity contribution is 0.939. The Balaban J connectivity index is 1.85. The minimum absolute atomic E-state index is 0.0548. The molecule has 0 saturated carbocycles. The van der Waals surface area contributed by atoms with Gasteiger partial charge in [-0.1, -0.05) is 48.0 Å². The van der Waals surface area contributed by atoms with Crippen LogP contribution in [0.1, 0.15) is 21.4 Å². The van der Waals surface area contributed by atoms with Crippen molar-refractivity contribution in [2.24, 2.45) is 0 Å². The van der Waals surface area contributed by atoms with Gasteiger partial charge in [-0.15, -0.1) is 22.9 Å². The second-order valence-electron chi connectivity index (χ2n) is 4.85. The molecule has 0 N–H and O–H groups in total. The molecule has 1 heterocycles. The van der Waals surface area contributed by atoms with Gasteiger partial charge in [-0.3, -0.25) is 0 Å². The number of thiophene rings is 1. The highest BCUT2D eigenvalue weighted by Gasteiger charge is 2.12. The van der Waals surface area contributed by atoms with Gasteiger partial charge in [0.25, 0.3) is 0 Å². The lowest BCUT2D eigenvalue weighted by Gasteiger charge is -2.07. The average molecular weight is 287 g/mol. The molecule has 0 aliphatic carbocycles. The lowest BCUT2D eigenvalue weighted by atomic mass is 10.1. The molecule has 0 aliphatic rings. The minimum Gasteiger partial charge on any atom is -0.139 e. The predicted octanol–water partition coefficient (Wildman–Crippen LogP) is 5.73. The van der Waals surface area contributed by atoms with Crippen molar-refractivity contribution in [1.82, 2.24) is 0 Å². The fourth-order valence-corrected chi connectivity index (χ4v) is 3.72. The van der Waals surface area contributed by atoms with Crippen molar-refractivity contribution in [3.63, 3.8) is 0 Å². The summed E-state index contributed by atoms with van der Waals surface area (Å²) in [6.45, 7) is 2.12. The van der Waals surface area contributed by atoms with Crippen LogP contribution in [0.2, 0.25) is 0 Å². The van der Waals surface area contributed by atoms with Crippen molar-refractivity contribution in [1.29, 1.82) is 0 Å². The highest BCUT2D eigenvalue weighted by molar-refractivity contribution is 7.19. The van der Waals surface area contributed by atoms with Gasteiger partial charge >= 0.3 is 0 Å². The first kappa shape index (κ1) is 12.7. The van der Waals surface area contributed by atoms with Gasteiger partial charge in [0.15, 0.2) is 0 Å². The molecule has 2 heteroatoms. The lowest BCUT2D eigenvalue weighted by Crippen LogP contribution is -1.93. The van der Waals surface area contributed by atoms with Crippen LogP contribution >= 0.6 is 22.9 Å². The van der Waals surface area contributed by atoms with E-state index in [2.05, 4.69) is 61.5 Å². The maximum Gasteiger partial charge on any atom is 0.0719 e. The van der Waals surface area contributed by atoms with Crippen LogP contribution in [-0.4, -0.2) is 0 Å². The summed E-state index contributed by atoms with van der Waals surface area (Å²) < 4.78 is 1.31. The third-order valence-corrected chi connectivity index (χ3v) is 5.00. The van der Waals surface area contributed by atoms with Crippen molar-refractivity contribution in [3.8, 4) is 0 Å². The molecule has 0 nitrogen and oxygen atoms in total. The van der Waals surface area contributed by atoms with E-state index in [0.29, 0.717) is 0 Å². The summed E-state index contributed by atoms with van der Waals surface area (Å²) in [4.78, 5) is 1.25. The molecule has 3 rings (SSSR count). The van der Waals surface area contributed by atoms with Crippen molar-refractivity contribution in [2.75, 3.05) is 0 Å². The molecule has 0 radical (unpaired) electrons. The molecule has 0 amide bonds. The standard InChI is InChI=1S/C17H15ClS/c1-12-5-4-6-13(9-12)10-15(18)17-11-14-7-2-3-8-16(14)19-17/h2-9,11,15H,10H2,1H3. The topological polar surface area (TPSA) is 0 Å². The number of alkyl halides is 1. The molecule has 0 spiro atoms. The zero-order valence-electron chi connectivity index (χ0n) is 10.8. The predicted molar refractivity (Wildman–Crippen MR) is 85.3 cm³/mol. The number of rotatable bonds is 3. The highest BCUT2D eigenvalue weighted by atomic mass is 35.5. The molecule has 0 fully saturated rings. The van der Waals surface area contributed by atoms with Crippen molar-refractivity contribution >= 4 is 33.0 Å². The molecule has 1 atom stereocenters. The molecular formula is C17H15ClS. The molecule has 19 heavy (non-hydrogen) atoms. The Labute approximate surface area is 122 Å². The summed E-state index contributed by atoms with van der Waals surface area (Å²) in [5.41, 5.74) is 2.59. The van der Waals surface area contributed by atoms with E-state index < -0.39 is 0 Å². The van der Waals surface area contributed by atoms with E-state index in [1.807, 2.05) is 0 Å². The Kier molecular flexibility index (Phi) is 3.58. The van der Waals surface area contributed by atoms with Gasteiger partial charge in [-0.05, 0) is 36.4 Å². The molecule has 96 valence electrons. The van der Waals surface area contributed by atoms with Gasteiger partial charge in [0.1, 0.15) is 0 Å². The molecule has 3 aromatic rings. The monoisotopic (exact) mass is 286 g/mol. The second kappa shape index (κ2) is 5.36. The summed E-state index contributed by atoms with van der Waals surface area (Å²) >= 11 is 8.37. The van der Waals surface area contributed by atoms with E-state index >= 15 is 0 Å². The van der Waals surface area contributed by atoms with E-state index in [1.165, 1.54) is 26.1 Å². The van der Waals surface area contributed by atoms with Gasteiger partial charge in [-0.25, -0.2) is 0 Å². The van der Waals surface area contributed by atoms with Crippen LogP contribution in [0.3, 0.4) is 0 Å². The molecule has 1 aromatic heterocycles. The maximum atomic E-state index is 6.57. The van der Waals surface area contributed by atoms with Gasteiger partial charge in [0.2, 0.25) is 0 Å². The Morgan fingerprint density at radius 3 is 2.68 bits per heavy atom. The fourth-order valence-electron chi connectivity index (χ4n) is 2.30. The Morgan fingerprint density at radius 2 is 1.89 bits per heavy atom. The molecule has 2 aromatic carbocycles. The average Bonchev–Trinajstić information content (AvgIpc) is 2.82. The first-order valence-corrected chi connectivity index (χ1v) is 7.66. The SMILES string of the molecule is Cc1cccc(CC(Cl)c2cc3ccccc3s2)c1. The Morgan fingerprint density at radius 1 is 1.05 bits per heavy atom. The molecule has 1 unspecified atom stereocenters. The number of hydrogen-bond acceptors (Lipinski definition) is 1. The van der Waals surface area contributed by atoms with Crippen LogP contribution in [0, 0.1) is 6.92 Å². The number of benzene rings is 2. The van der Waals surface area contributed by atoms with E-state index in [1.54, 1.807) is 11.3 Å². The normalized spacial score (nSPS) is 12.7. The van der Waals surface area contributed by atoms with Crippen LogP contribution in [0.5, 0.6) is 0 Å². The van der Waals surface area contributed by atoms with Crippen LogP contribution in [0.4, 0.5) is 0 Å². The second-order valence-corrected chi connectivity index (χ2v) is 6.49. The van der Waals surface area contributed by atoms with Crippen LogP contribution in [0.15, 0.2) is 54.6 Å². The first-order valence-electron chi connectivity index (χ1n) is 6.40. The van der Waals surface area contributed by atoms with Gasteiger partial charge in [0.05, 0.1) is 5.38 Å². The number of hydrogen-bond donors (Lipinski definition) is 0. The summed E-state index contributed by atoms with van der Waals surface area (Å²) in [7, 11) is 0. The summed E-state index contributed by atoms with van der Waals surface area (Å²) in [5.74, 6) is 0. The Hall–Kier alpha value is -1.31. The third kappa shape index (κ3) is 2.83. The maximum absolute atomic E-state index is 6.57. The molecule has 0 saturated heterocycles. The summed E-state index contributed by atoms with van der Waals surface area (Å²) in [6, 6.07) is 19.2. The van der Waals surface area contributed by atoms with Crippen molar-refractivity contribution in [3.05, 3.63) is 70.6 Å². The van der Waals surface area contributed by atoms with Crippen molar-refractivity contribution in [2.45, 2.75) is 18.7 Å². The molecule has 0 bridgehead atoms. The first-order chi connectivity index (χ1) is 9.22. The van der Waals surface area contributed by atoms with Crippen LogP contribution < -0.4 is 0 Å². The highest BCUT2D eigenvalue weighted by Crippen LogP contribution is 2.34. The zero-order chi connectivity index (χ0) is 13.2. The Bertz CT molecular complexity index is 666. The molecular weight excluding hydrogens is 272 g/mol. The number of fused-ring (bicyclic) bond motifs is 1. The summed E-state index contributed by atoms with van der Waals surface area (Å²) in [5, 5.41) is 1.34. The quantitative estimate of drug-likeness (QED) is 0.539. The largest absolute Gasteiger partial charge is 0.139 e. The van der Waals surface area contributed by atoms with Gasteiger partial charge in [0, 0.05) is 9.58 Å². The van der Waals surface area contributed by atoms with E-state index in [9.17, 15) is 0 Å².